The predicted molar refractivity (Wildman–Crippen MR) is 80.8 cm³/mol. The minimum atomic E-state index is 0.109. The van der Waals surface area contributed by atoms with E-state index in [1.54, 1.807) is 32.7 Å². The van der Waals surface area contributed by atoms with E-state index in [0.717, 1.165) is 11.3 Å². The van der Waals surface area contributed by atoms with Crippen LogP contribution in [0.2, 0.25) is 5.02 Å². The van der Waals surface area contributed by atoms with Crippen LogP contribution in [0.4, 0.5) is 5.69 Å². The maximum atomic E-state index is 6.09. The first-order chi connectivity index (χ1) is 9.65. The van der Waals surface area contributed by atoms with Crippen molar-refractivity contribution >= 4 is 17.3 Å². The van der Waals surface area contributed by atoms with Crippen LogP contribution in [-0.4, -0.2) is 19.2 Å². The molecular weight excluding hydrogens is 276 g/mol. The number of benzene rings is 1. The second-order valence-electron chi connectivity index (χ2n) is 4.33. The lowest BCUT2D eigenvalue weighted by atomic mass is 10.1. The number of nitrogens with zero attached hydrogens (tertiary/aromatic N) is 1. The fourth-order valence-corrected chi connectivity index (χ4v) is 2.17. The van der Waals surface area contributed by atoms with Crippen LogP contribution >= 0.6 is 11.6 Å². The summed E-state index contributed by atoms with van der Waals surface area (Å²) in [5.74, 6) is 1.29. The number of aromatic nitrogens is 1. The summed E-state index contributed by atoms with van der Waals surface area (Å²) in [7, 11) is 3.20. The maximum Gasteiger partial charge on any atom is 0.143 e. The molecule has 0 saturated carbocycles. The van der Waals surface area contributed by atoms with E-state index in [0.29, 0.717) is 16.5 Å². The van der Waals surface area contributed by atoms with Crippen LogP contribution in [0.3, 0.4) is 0 Å². The third kappa shape index (κ3) is 3.14. The van der Waals surface area contributed by atoms with Crippen LogP contribution in [0.25, 0.3) is 0 Å². The van der Waals surface area contributed by atoms with Crippen LogP contribution in [-0.2, 0) is 0 Å². The van der Waals surface area contributed by atoms with Crippen LogP contribution in [0.15, 0.2) is 36.7 Å². The molecule has 0 bridgehead atoms. The molecule has 1 atom stereocenters. The fraction of sp³-hybridized carbons (Fsp3) is 0.267. The maximum absolute atomic E-state index is 6.09. The molecule has 4 nitrogen and oxygen atoms in total. The molecule has 2 aromatic rings. The Balaban J connectivity index is 2.28. The van der Waals surface area contributed by atoms with Crippen LogP contribution in [0, 0.1) is 0 Å². The van der Waals surface area contributed by atoms with Gasteiger partial charge in [0.25, 0.3) is 0 Å². The van der Waals surface area contributed by atoms with Crippen molar-refractivity contribution in [3.8, 4) is 11.5 Å². The second-order valence-corrected chi connectivity index (χ2v) is 4.74. The molecule has 0 saturated heterocycles. The van der Waals surface area contributed by atoms with E-state index in [9.17, 15) is 0 Å². The number of halogens is 1. The lowest BCUT2D eigenvalue weighted by Gasteiger charge is -2.19. The Kier molecular flexibility index (Phi) is 4.69. The average Bonchev–Trinajstić information content (AvgIpc) is 2.49. The quantitative estimate of drug-likeness (QED) is 0.907. The molecule has 1 unspecified atom stereocenters. The highest BCUT2D eigenvalue weighted by molar-refractivity contribution is 6.32. The van der Waals surface area contributed by atoms with Gasteiger partial charge in [-0.25, -0.2) is 0 Å². The lowest BCUT2D eigenvalue weighted by Crippen LogP contribution is -2.08. The van der Waals surface area contributed by atoms with Gasteiger partial charge in [-0.3, -0.25) is 4.98 Å². The number of rotatable bonds is 5. The number of hydrogen-bond donors (Lipinski definition) is 1. The lowest BCUT2D eigenvalue weighted by molar-refractivity contribution is 0.404. The van der Waals surface area contributed by atoms with E-state index in [-0.39, 0.29) is 6.04 Å². The Hall–Kier alpha value is -1.94. The molecule has 0 aliphatic rings. The van der Waals surface area contributed by atoms with Crippen molar-refractivity contribution in [3.63, 3.8) is 0 Å². The van der Waals surface area contributed by atoms with Gasteiger partial charge in [-0.15, -0.1) is 0 Å². The summed E-state index contributed by atoms with van der Waals surface area (Å²) in [6.07, 6.45) is 3.54. The van der Waals surface area contributed by atoms with E-state index < -0.39 is 0 Å². The van der Waals surface area contributed by atoms with Crippen LogP contribution < -0.4 is 14.8 Å². The van der Waals surface area contributed by atoms with Crippen LogP contribution in [0.5, 0.6) is 11.5 Å². The molecular formula is C15H17ClN2O2. The molecule has 106 valence electrons. The Morgan fingerprint density at radius 3 is 2.35 bits per heavy atom. The number of ether oxygens (including phenoxy) is 2. The number of methoxy groups -OCH3 is 2. The normalized spacial score (nSPS) is 11.8. The van der Waals surface area contributed by atoms with Gasteiger partial charge < -0.3 is 14.8 Å². The Morgan fingerprint density at radius 2 is 1.75 bits per heavy atom. The standard InChI is InChI=1S/C15H17ClN2O2/c1-10(11-4-6-17-7-5-11)18-13-9-14(19-2)12(16)8-15(13)20-3/h4-10,18H,1-3H3. The molecule has 0 fully saturated rings. The molecule has 0 amide bonds. The fourth-order valence-electron chi connectivity index (χ4n) is 1.94. The van der Waals surface area contributed by atoms with Gasteiger partial charge in [-0.05, 0) is 24.6 Å². The monoisotopic (exact) mass is 292 g/mol. The molecule has 0 spiro atoms. The van der Waals surface area contributed by atoms with E-state index in [4.69, 9.17) is 21.1 Å². The molecule has 20 heavy (non-hydrogen) atoms. The van der Waals surface area contributed by atoms with E-state index in [1.165, 1.54) is 0 Å². The molecule has 0 aliphatic heterocycles. The Bertz CT molecular complexity index is 576. The zero-order valence-electron chi connectivity index (χ0n) is 11.7. The summed E-state index contributed by atoms with van der Waals surface area (Å²) in [6.45, 7) is 2.07. The highest BCUT2D eigenvalue weighted by atomic mass is 35.5. The van der Waals surface area contributed by atoms with E-state index >= 15 is 0 Å². The van der Waals surface area contributed by atoms with Gasteiger partial charge >= 0.3 is 0 Å². The minimum Gasteiger partial charge on any atom is -0.495 e. The first kappa shape index (κ1) is 14.5. The van der Waals surface area contributed by atoms with Gasteiger partial charge in [0.1, 0.15) is 11.5 Å². The van der Waals surface area contributed by atoms with Gasteiger partial charge in [-0.2, -0.15) is 0 Å². The van der Waals surface area contributed by atoms with Crippen molar-refractivity contribution < 1.29 is 9.47 Å². The average molecular weight is 293 g/mol. The molecule has 0 radical (unpaired) electrons. The predicted octanol–water partition coefficient (Wildman–Crippen LogP) is 3.93. The molecule has 1 heterocycles. The third-order valence-corrected chi connectivity index (χ3v) is 3.35. The van der Waals surface area contributed by atoms with Gasteiger partial charge in [-0.1, -0.05) is 11.6 Å². The highest BCUT2D eigenvalue weighted by Gasteiger charge is 2.13. The van der Waals surface area contributed by atoms with Crippen molar-refractivity contribution in [1.29, 1.82) is 0 Å². The zero-order valence-corrected chi connectivity index (χ0v) is 12.4. The van der Waals surface area contributed by atoms with Crippen LogP contribution in [0.1, 0.15) is 18.5 Å². The summed E-state index contributed by atoms with van der Waals surface area (Å²) < 4.78 is 10.6. The SMILES string of the molecule is COc1cc(NC(C)c2ccncc2)c(OC)cc1Cl. The molecule has 1 aromatic heterocycles. The number of hydrogen-bond acceptors (Lipinski definition) is 4. The van der Waals surface area contributed by atoms with Gasteiger partial charge in [0.05, 0.1) is 24.9 Å². The van der Waals surface area contributed by atoms with Crippen molar-refractivity contribution in [1.82, 2.24) is 4.98 Å². The van der Waals surface area contributed by atoms with E-state index in [1.807, 2.05) is 18.2 Å². The van der Waals surface area contributed by atoms with Crippen molar-refractivity contribution in [2.45, 2.75) is 13.0 Å². The van der Waals surface area contributed by atoms with Gasteiger partial charge in [0, 0.05) is 30.6 Å². The smallest absolute Gasteiger partial charge is 0.143 e. The highest BCUT2D eigenvalue weighted by Crippen LogP contribution is 2.37. The van der Waals surface area contributed by atoms with Gasteiger partial charge in [0.15, 0.2) is 0 Å². The molecule has 2 rings (SSSR count). The molecule has 5 heteroatoms. The van der Waals surface area contributed by atoms with Crippen molar-refractivity contribution in [2.75, 3.05) is 19.5 Å². The molecule has 0 aliphatic carbocycles. The Labute approximate surface area is 123 Å². The largest absolute Gasteiger partial charge is 0.495 e. The summed E-state index contributed by atoms with van der Waals surface area (Å²) in [5, 5.41) is 3.91. The number of pyridine rings is 1. The third-order valence-electron chi connectivity index (χ3n) is 3.05. The molecule has 1 N–H and O–H groups in total. The van der Waals surface area contributed by atoms with Gasteiger partial charge in [0.2, 0.25) is 0 Å². The first-order valence-corrected chi connectivity index (χ1v) is 6.61. The summed E-state index contributed by atoms with van der Waals surface area (Å²) in [5.41, 5.74) is 1.97. The Morgan fingerprint density at radius 1 is 1.10 bits per heavy atom. The number of nitrogens with one attached hydrogen (secondary N) is 1. The summed E-state index contributed by atoms with van der Waals surface area (Å²) in [6, 6.07) is 7.62. The first-order valence-electron chi connectivity index (χ1n) is 6.23. The molecule has 1 aromatic carbocycles. The summed E-state index contributed by atoms with van der Waals surface area (Å²) in [4.78, 5) is 4.02. The van der Waals surface area contributed by atoms with Crippen molar-refractivity contribution in [3.05, 3.63) is 47.2 Å². The minimum absolute atomic E-state index is 0.109. The topological polar surface area (TPSA) is 43.4 Å². The number of anilines is 1. The van der Waals surface area contributed by atoms with E-state index in [2.05, 4.69) is 17.2 Å². The van der Waals surface area contributed by atoms with Crippen molar-refractivity contribution in [2.24, 2.45) is 0 Å². The summed E-state index contributed by atoms with van der Waals surface area (Å²) >= 11 is 6.09. The zero-order chi connectivity index (χ0) is 14.5. The second kappa shape index (κ2) is 6.48.